The highest BCUT2D eigenvalue weighted by molar-refractivity contribution is 6.30. The predicted octanol–water partition coefficient (Wildman–Crippen LogP) is 5.81. The zero-order chi connectivity index (χ0) is 31.8. The van der Waals surface area contributed by atoms with Crippen molar-refractivity contribution in [1.29, 1.82) is 5.26 Å². The lowest BCUT2D eigenvalue weighted by Gasteiger charge is -2.54. The number of benzene rings is 2. The van der Waals surface area contributed by atoms with Gasteiger partial charge in [0.2, 0.25) is 0 Å². The normalized spacial score (nSPS) is 24.3. The maximum absolute atomic E-state index is 15.3. The Balaban J connectivity index is 1.07. The van der Waals surface area contributed by atoms with Crippen molar-refractivity contribution < 1.29 is 23.4 Å². The predicted molar refractivity (Wildman–Crippen MR) is 167 cm³/mol. The summed E-state index contributed by atoms with van der Waals surface area (Å²) < 4.78 is 34.9. The molecule has 0 spiro atoms. The Hall–Kier alpha value is -4.40. The molecular formula is C34H32ClFN6O4. The molecule has 46 heavy (non-hydrogen) atoms. The van der Waals surface area contributed by atoms with Gasteiger partial charge in [-0.25, -0.2) is 14.2 Å². The van der Waals surface area contributed by atoms with Crippen molar-refractivity contribution in [3.63, 3.8) is 0 Å². The molecule has 10 nitrogen and oxygen atoms in total. The van der Waals surface area contributed by atoms with E-state index in [2.05, 4.69) is 26.9 Å². The number of nitriles is 1. The van der Waals surface area contributed by atoms with E-state index in [9.17, 15) is 10.1 Å². The number of hydrogen-bond acceptors (Lipinski definition) is 9. The average Bonchev–Trinajstić information content (AvgIpc) is 3.60. The van der Waals surface area contributed by atoms with Crippen LogP contribution in [-0.4, -0.2) is 57.7 Å². The van der Waals surface area contributed by atoms with Gasteiger partial charge in [0.15, 0.2) is 17.3 Å². The fraction of sp³-hybridized carbons (Fsp3) is 0.412. The van der Waals surface area contributed by atoms with E-state index in [1.807, 2.05) is 29.7 Å². The first kappa shape index (κ1) is 29.0. The molecule has 4 heterocycles. The SMILES string of the molecule is COC(=O)c1cc(F)c2nc(CN3CCN(c4cccc5c4O[C@@](C)(c4ccc(Cl)cn4)O5)[C@H]4CC[C@@H]43)n(CC3(C#N)CC3)c2c1. The standard InChI is InChI=1S/C34H32ClFN6O4/c1-33(28-9-6-21(35)16-38-28)45-27-5-3-4-25(31(27)46-33)41-13-12-40(23-7-8-24(23)41)17-29-39-30-22(36)14-20(32(43)44-2)15-26(30)42(29)19-34(18-37)10-11-34/h3-6,9,14-16,23-24H,7-8,10-13,17,19H2,1-2H3/t23-,24-,33-/m0/s1. The molecule has 1 saturated heterocycles. The van der Waals surface area contributed by atoms with Gasteiger partial charge in [0.25, 0.3) is 5.79 Å². The number of hydrogen-bond donors (Lipinski definition) is 0. The quantitative estimate of drug-likeness (QED) is 0.231. The number of carbonyl (C=O) groups excluding carboxylic acids is 1. The van der Waals surface area contributed by atoms with Crippen molar-refractivity contribution in [2.75, 3.05) is 25.1 Å². The third-order valence-corrected chi connectivity index (χ3v) is 10.2. The molecule has 4 aliphatic rings. The number of anilines is 1. The second kappa shape index (κ2) is 10.6. The van der Waals surface area contributed by atoms with Crippen molar-refractivity contribution in [1.82, 2.24) is 19.4 Å². The first-order valence-electron chi connectivity index (χ1n) is 15.5. The largest absolute Gasteiger partial charge is 0.465 e. The van der Waals surface area contributed by atoms with Crippen LogP contribution in [0.2, 0.25) is 5.02 Å². The van der Waals surface area contributed by atoms with E-state index < -0.39 is 23.0 Å². The zero-order valence-electron chi connectivity index (χ0n) is 25.5. The van der Waals surface area contributed by atoms with Gasteiger partial charge in [-0.15, -0.1) is 0 Å². The van der Waals surface area contributed by atoms with Gasteiger partial charge in [0.05, 0.1) is 46.9 Å². The number of methoxy groups -OCH3 is 1. The molecule has 8 rings (SSSR count). The Bertz CT molecular complexity index is 1920. The van der Waals surface area contributed by atoms with Crippen molar-refractivity contribution >= 4 is 34.3 Å². The lowest BCUT2D eigenvalue weighted by molar-refractivity contribution is -0.0717. The molecule has 0 amide bonds. The van der Waals surface area contributed by atoms with E-state index in [4.69, 9.17) is 30.8 Å². The van der Waals surface area contributed by atoms with Crippen molar-refractivity contribution in [3.8, 4) is 17.6 Å². The number of ether oxygens (including phenoxy) is 3. The number of para-hydroxylation sites is 1. The monoisotopic (exact) mass is 642 g/mol. The maximum atomic E-state index is 15.3. The number of halogens is 2. The molecule has 4 aromatic rings. The van der Waals surface area contributed by atoms with Gasteiger partial charge in [0.1, 0.15) is 17.0 Å². The fourth-order valence-corrected chi connectivity index (χ4v) is 7.22. The number of carbonyl (C=O) groups is 1. The minimum absolute atomic E-state index is 0.124. The third kappa shape index (κ3) is 4.65. The zero-order valence-corrected chi connectivity index (χ0v) is 26.3. The summed E-state index contributed by atoms with van der Waals surface area (Å²) >= 11 is 6.07. The molecule has 0 unspecified atom stereocenters. The molecule has 2 aliphatic heterocycles. The Labute approximate surface area is 270 Å². The summed E-state index contributed by atoms with van der Waals surface area (Å²) in [5.41, 5.74) is 1.96. The summed E-state index contributed by atoms with van der Waals surface area (Å²) in [5.74, 6) is -0.202. The van der Waals surface area contributed by atoms with Crippen LogP contribution in [0, 0.1) is 22.6 Å². The summed E-state index contributed by atoms with van der Waals surface area (Å²) in [7, 11) is 1.27. The van der Waals surface area contributed by atoms with Gasteiger partial charge in [-0.2, -0.15) is 5.26 Å². The Morgan fingerprint density at radius 1 is 1.17 bits per heavy atom. The van der Waals surface area contributed by atoms with E-state index in [0.717, 1.165) is 44.5 Å². The molecule has 2 saturated carbocycles. The molecule has 2 aromatic carbocycles. The molecule has 2 aromatic heterocycles. The summed E-state index contributed by atoms with van der Waals surface area (Å²) in [6, 6.07) is 15.3. The number of piperazine rings is 1. The first-order chi connectivity index (χ1) is 22.2. The van der Waals surface area contributed by atoms with Gasteiger partial charge in [0, 0.05) is 44.8 Å². The number of pyridine rings is 1. The molecular weight excluding hydrogens is 611 g/mol. The Kier molecular flexibility index (Phi) is 6.67. The molecule has 0 radical (unpaired) electrons. The minimum Gasteiger partial charge on any atom is -0.465 e. The second-order valence-electron chi connectivity index (χ2n) is 12.8. The fourth-order valence-electron chi connectivity index (χ4n) is 7.11. The van der Waals surface area contributed by atoms with E-state index in [1.54, 1.807) is 18.3 Å². The van der Waals surface area contributed by atoms with E-state index in [-0.39, 0.29) is 23.2 Å². The van der Waals surface area contributed by atoms with E-state index in [0.29, 0.717) is 46.6 Å². The molecule has 0 bridgehead atoms. The highest BCUT2D eigenvalue weighted by Crippen LogP contribution is 2.51. The number of nitrogens with zero attached hydrogens (tertiary/aromatic N) is 6. The highest BCUT2D eigenvalue weighted by atomic mass is 35.5. The van der Waals surface area contributed by atoms with Crippen LogP contribution in [0.4, 0.5) is 10.1 Å². The Morgan fingerprint density at radius 3 is 2.70 bits per heavy atom. The second-order valence-corrected chi connectivity index (χ2v) is 13.3. The number of imidazole rings is 1. The van der Waals surface area contributed by atoms with E-state index in [1.165, 1.54) is 13.2 Å². The molecule has 3 fully saturated rings. The molecule has 3 atom stereocenters. The van der Waals surface area contributed by atoms with Crippen LogP contribution in [-0.2, 0) is 23.6 Å². The van der Waals surface area contributed by atoms with Crippen LogP contribution in [0.3, 0.4) is 0 Å². The third-order valence-electron chi connectivity index (χ3n) is 9.97. The van der Waals surface area contributed by atoms with Gasteiger partial charge in [-0.1, -0.05) is 17.7 Å². The molecule has 12 heteroatoms. The highest BCUT2D eigenvalue weighted by Gasteiger charge is 2.48. The maximum Gasteiger partial charge on any atom is 0.338 e. The van der Waals surface area contributed by atoms with Crippen molar-refractivity contribution in [3.05, 3.63) is 76.6 Å². The number of aromatic nitrogens is 3. The van der Waals surface area contributed by atoms with Crippen LogP contribution in [0.25, 0.3) is 11.0 Å². The van der Waals surface area contributed by atoms with Crippen LogP contribution in [0.5, 0.6) is 11.5 Å². The molecule has 2 aliphatic carbocycles. The first-order valence-corrected chi connectivity index (χ1v) is 15.9. The van der Waals surface area contributed by atoms with Crippen molar-refractivity contribution in [2.45, 2.75) is 63.6 Å². The summed E-state index contributed by atoms with van der Waals surface area (Å²) in [5, 5.41) is 10.4. The van der Waals surface area contributed by atoms with Crippen LogP contribution in [0.1, 0.15) is 54.5 Å². The lowest BCUT2D eigenvalue weighted by atomic mass is 9.81. The van der Waals surface area contributed by atoms with Gasteiger partial charge in [-0.3, -0.25) is 9.88 Å². The number of rotatable bonds is 7. The summed E-state index contributed by atoms with van der Waals surface area (Å²) in [6.45, 7) is 4.27. The summed E-state index contributed by atoms with van der Waals surface area (Å²) in [6.07, 6.45) is 5.19. The topological polar surface area (TPSA) is 106 Å². The van der Waals surface area contributed by atoms with E-state index >= 15 is 4.39 Å². The smallest absolute Gasteiger partial charge is 0.338 e. The van der Waals surface area contributed by atoms with Gasteiger partial charge < -0.3 is 23.7 Å². The number of fused-ring (bicyclic) bond motifs is 3. The van der Waals surface area contributed by atoms with Crippen LogP contribution >= 0.6 is 11.6 Å². The lowest BCUT2D eigenvalue weighted by Crippen LogP contribution is -2.64. The van der Waals surface area contributed by atoms with Gasteiger partial charge >= 0.3 is 5.97 Å². The average molecular weight is 643 g/mol. The summed E-state index contributed by atoms with van der Waals surface area (Å²) in [4.78, 5) is 26.3. The minimum atomic E-state index is -1.08. The molecule has 0 N–H and O–H groups in total. The van der Waals surface area contributed by atoms with Crippen LogP contribution in [0.15, 0.2) is 48.7 Å². The van der Waals surface area contributed by atoms with Crippen LogP contribution < -0.4 is 14.4 Å². The Morgan fingerprint density at radius 2 is 2.00 bits per heavy atom. The molecule has 236 valence electrons. The number of esters is 1. The van der Waals surface area contributed by atoms with Gasteiger partial charge in [-0.05, 0) is 62.1 Å². The van der Waals surface area contributed by atoms with Crippen molar-refractivity contribution in [2.24, 2.45) is 5.41 Å².